The summed E-state index contributed by atoms with van der Waals surface area (Å²) in [5.74, 6) is -0.102. The van der Waals surface area contributed by atoms with Crippen molar-refractivity contribution in [1.29, 1.82) is 0 Å². The minimum absolute atomic E-state index is 0.133. The number of hydrogen-bond donors (Lipinski definition) is 2. The summed E-state index contributed by atoms with van der Waals surface area (Å²) in [5.41, 5.74) is 0.771. The maximum absolute atomic E-state index is 12.6. The number of anilines is 1. The van der Waals surface area contributed by atoms with E-state index in [-0.39, 0.29) is 17.2 Å². The number of carbonyl (C=O) groups excluding carboxylic acids is 3. The van der Waals surface area contributed by atoms with Crippen molar-refractivity contribution in [2.24, 2.45) is 0 Å². The summed E-state index contributed by atoms with van der Waals surface area (Å²) in [6, 6.07) is 11.8. The Bertz CT molecular complexity index is 968. The molecule has 0 atom stereocenters. The Balaban J connectivity index is 1.91. The molecule has 0 saturated heterocycles. The molecule has 0 unspecified atom stereocenters. The summed E-state index contributed by atoms with van der Waals surface area (Å²) in [4.78, 5) is 37.4. The molecule has 0 aliphatic carbocycles. The predicted molar refractivity (Wildman–Crippen MR) is 130 cm³/mol. The van der Waals surface area contributed by atoms with Crippen molar-refractivity contribution in [2.75, 3.05) is 51.2 Å². The third kappa shape index (κ3) is 8.95. The summed E-state index contributed by atoms with van der Waals surface area (Å²) < 4.78 is 21.1. The second-order valence-electron chi connectivity index (χ2n) is 6.78. The van der Waals surface area contributed by atoms with Crippen LogP contribution in [0.5, 0.6) is 11.5 Å². The average molecular weight is 491 g/mol. The lowest BCUT2D eigenvalue weighted by molar-refractivity contribution is -0.119. The Labute approximate surface area is 203 Å². The number of benzene rings is 2. The van der Waals surface area contributed by atoms with E-state index in [2.05, 4.69) is 10.6 Å². The number of esters is 1. The van der Waals surface area contributed by atoms with Gasteiger partial charge in [-0.15, -0.1) is 11.8 Å². The first-order valence-corrected chi connectivity index (χ1v) is 11.8. The predicted octanol–water partition coefficient (Wildman–Crippen LogP) is 3.13. The molecule has 0 saturated carbocycles. The molecule has 10 heteroatoms. The van der Waals surface area contributed by atoms with E-state index in [9.17, 15) is 14.4 Å². The summed E-state index contributed by atoms with van der Waals surface area (Å²) in [6.07, 6.45) is 0. The van der Waals surface area contributed by atoms with Crippen LogP contribution in [0, 0.1) is 0 Å². The molecule has 0 aliphatic rings. The van der Waals surface area contributed by atoms with Gasteiger partial charge < -0.3 is 29.6 Å². The molecule has 0 spiro atoms. The largest absolute Gasteiger partial charge is 0.490 e. The van der Waals surface area contributed by atoms with Crippen molar-refractivity contribution in [2.45, 2.75) is 18.7 Å². The van der Waals surface area contributed by atoms with Crippen molar-refractivity contribution in [3.63, 3.8) is 0 Å². The van der Waals surface area contributed by atoms with Crippen LogP contribution in [0.2, 0.25) is 0 Å². The van der Waals surface area contributed by atoms with Crippen molar-refractivity contribution in [1.82, 2.24) is 5.32 Å². The van der Waals surface area contributed by atoms with E-state index in [0.29, 0.717) is 48.4 Å². The van der Waals surface area contributed by atoms with Crippen LogP contribution in [-0.4, -0.2) is 63.6 Å². The van der Waals surface area contributed by atoms with Crippen LogP contribution in [0.4, 0.5) is 5.69 Å². The molecule has 0 aliphatic heterocycles. The van der Waals surface area contributed by atoms with Gasteiger partial charge >= 0.3 is 5.97 Å². The number of rotatable bonds is 14. The average Bonchev–Trinajstić information content (AvgIpc) is 2.83. The van der Waals surface area contributed by atoms with E-state index in [0.717, 1.165) is 0 Å². The summed E-state index contributed by atoms with van der Waals surface area (Å²) in [7, 11) is 1.55. The second-order valence-corrected chi connectivity index (χ2v) is 7.80. The lowest BCUT2D eigenvalue weighted by Gasteiger charge is -2.13. The first kappa shape index (κ1) is 27.0. The molecule has 0 fully saturated rings. The monoisotopic (exact) mass is 490 g/mol. The Morgan fingerprint density at radius 2 is 1.68 bits per heavy atom. The van der Waals surface area contributed by atoms with Gasteiger partial charge in [-0.2, -0.15) is 0 Å². The van der Waals surface area contributed by atoms with Gasteiger partial charge in [-0.3, -0.25) is 9.59 Å². The quantitative estimate of drug-likeness (QED) is 0.236. The number of thioether (sulfide) groups is 1. The lowest BCUT2D eigenvalue weighted by atomic mass is 10.2. The minimum Gasteiger partial charge on any atom is -0.490 e. The number of carbonyl (C=O) groups is 3. The van der Waals surface area contributed by atoms with Crippen LogP contribution < -0.4 is 20.1 Å². The zero-order valence-electron chi connectivity index (χ0n) is 19.6. The van der Waals surface area contributed by atoms with Gasteiger partial charge in [-0.05, 0) is 38.1 Å². The molecule has 2 rings (SSSR count). The number of ether oxygens (including phenoxy) is 4. The molecule has 0 radical (unpaired) electrons. The van der Waals surface area contributed by atoms with Gasteiger partial charge in [-0.25, -0.2) is 4.79 Å². The Kier molecular flexibility index (Phi) is 11.8. The van der Waals surface area contributed by atoms with Crippen molar-refractivity contribution >= 4 is 35.2 Å². The number of amides is 2. The lowest BCUT2D eigenvalue weighted by Crippen LogP contribution is -2.28. The smallest absolute Gasteiger partial charge is 0.339 e. The zero-order chi connectivity index (χ0) is 24.8. The first-order chi connectivity index (χ1) is 16.5. The normalized spacial score (nSPS) is 10.3. The van der Waals surface area contributed by atoms with E-state index >= 15 is 0 Å². The van der Waals surface area contributed by atoms with Gasteiger partial charge in [0.05, 0.1) is 31.1 Å². The SMILES string of the molecule is CCOc1ccc(NC(=O)COC(=O)c2ccccc2SCC(=O)NCCOC)cc1OCC. The fourth-order valence-electron chi connectivity index (χ4n) is 2.78. The molecule has 2 aromatic rings. The van der Waals surface area contributed by atoms with E-state index in [4.69, 9.17) is 18.9 Å². The maximum Gasteiger partial charge on any atom is 0.339 e. The first-order valence-electron chi connectivity index (χ1n) is 10.8. The number of methoxy groups -OCH3 is 1. The van der Waals surface area contributed by atoms with Gasteiger partial charge in [0.1, 0.15) is 0 Å². The fourth-order valence-corrected chi connectivity index (χ4v) is 3.65. The fraction of sp³-hybridized carbons (Fsp3) is 0.375. The molecule has 2 amide bonds. The van der Waals surface area contributed by atoms with Crippen molar-refractivity contribution < 1.29 is 33.3 Å². The molecule has 0 aromatic heterocycles. The second kappa shape index (κ2) is 14.8. The van der Waals surface area contributed by atoms with Gasteiger partial charge in [0.15, 0.2) is 18.1 Å². The molecule has 2 N–H and O–H groups in total. The molecule has 184 valence electrons. The molecular formula is C24H30N2O7S. The molecule has 34 heavy (non-hydrogen) atoms. The van der Waals surface area contributed by atoms with E-state index in [1.807, 2.05) is 13.8 Å². The molecule has 2 aromatic carbocycles. The Morgan fingerprint density at radius 3 is 2.41 bits per heavy atom. The number of hydrogen-bond acceptors (Lipinski definition) is 8. The summed E-state index contributed by atoms with van der Waals surface area (Å²) >= 11 is 1.21. The molecular weight excluding hydrogens is 460 g/mol. The standard InChI is InChI=1S/C24H30N2O7S/c1-4-31-19-11-10-17(14-20(19)32-5-2)26-22(27)15-33-24(29)18-8-6-7-9-21(18)34-16-23(28)25-12-13-30-3/h6-11,14H,4-5,12-13,15-16H2,1-3H3,(H,25,28)(H,26,27). The topological polar surface area (TPSA) is 112 Å². The van der Waals surface area contributed by atoms with Crippen LogP contribution >= 0.6 is 11.8 Å². The highest BCUT2D eigenvalue weighted by atomic mass is 32.2. The highest BCUT2D eigenvalue weighted by molar-refractivity contribution is 8.00. The minimum atomic E-state index is -0.653. The van der Waals surface area contributed by atoms with Crippen LogP contribution in [0.3, 0.4) is 0 Å². The van der Waals surface area contributed by atoms with Gasteiger partial charge in [0.25, 0.3) is 5.91 Å². The van der Waals surface area contributed by atoms with Crippen molar-refractivity contribution in [3.8, 4) is 11.5 Å². The highest BCUT2D eigenvalue weighted by Crippen LogP contribution is 2.30. The van der Waals surface area contributed by atoms with Gasteiger partial charge in [0, 0.05) is 30.3 Å². The van der Waals surface area contributed by atoms with E-state index in [1.54, 1.807) is 49.6 Å². The van der Waals surface area contributed by atoms with E-state index in [1.165, 1.54) is 11.8 Å². The van der Waals surface area contributed by atoms with Gasteiger partial charge in [0.2, 0.25) is 5.91 Å². The van der Waals surface area contributed by atoms with Crippen LogP contribution in [0.25, 0.3) is 0 Å². The summed E-state index contributed by atoms with van der Waals surface area (Å²) in [5, 5.41) is 5.39. The zero-order valence-corrected chi connectivity index (χ0v) is 20.4. The Morgan fingerprint density at radius 1 is 0.941 bits per heavy atom. The summed E-state index contributed by atoms with van der Waals surface area (Å²) in [6.45, 7) is 5.02. The van der Waals surface area contributed by atoms with Crippen LogP contribution in [0.1, 0.15) is 24.2 Å². The van der Waals surface area contributed by atoms with E-state index < -0.39 is 18.5 Å². The van der Waals surface area contributed by atoms with Crippen molar-refractivity contribution in [3.05, 3.63) is 48.0 Å². The molecule has 0 heterocycles. The maximum atomic E-state index is 12.6. The van der Waals surface area contributed by atoms with Crippen LogP contribution in [-0.2, 0) is 19.1 Å². The third-order valence-electron chi connectivity index (χ3n) is 4.26. The number of nitrogens with one attached hydrogen (secondary N) is 2. The molecule has 9 nitrogen and oxygen atoms in total. The highest BCUT2D eigenvalue weighted by Gasteiger charge is 2.16. The Hall–Kier alpha value is -3.24. The molecule has 0 bridgehead atoms. The van der Waals surface area contributed by atoms with Crippen LogP contribution in [0.15, 0.2) is 47.4 Å². The third-order valence-corrected chi connectivity index (χ3v) is 5.33. The van der Waals surface area contributed by atoms with Gasteiger partial charge in [-0.1, -0.05) is 12.1 Å².